The van der Waals surface area contributed by atoms with Crippen LogP contribution in [0.2, 0.25) is 0 Å². The van der Waals surface area contributed by atoms with Gasteiger partial charge in [-0.2, -0.15) is 0 Å². The summed E-state index contributed by atoms with van der Waals surface area (Å²) in [4.78, 5) is 41.9. The van der Waals surface area contributed by atoms with E-state index in [-0.39, 0.29) is 30.7 Å². The van der Waals surface area contributed by atoms with E-state index in [0.717, 1.165) is 23.2 Å². The highest BCUT2D eigenvalue weighted by Gasteiger charge is 2.36. The van der Waals surface area contributed by atoms with Gasteiger partial charge in [0.2, 0.25) is 17.7 Å². The summed E-state index contributed by atoms with van der Waals surface area (Å²) in [5.41, 5.74) is 2.71. The SMILES string of the molecule is CCCN(CC(=O)Nc1ccccc1C)C(=O)C1CC(=O)N(CCc2ccc(OC)c(OC)c2)C1. The minimum Gasteiger partial charge on any atom is -0.493 e. The second-order valence-corrected chi connectivity index (χ2v) is 8.80. The third-order valence-electron chi connectivity index (χ3n) is 6.24. The number of methoxy groups -OCH3 is 2. The lowest BCUT2D eigenvalue weighted by atomic mass is 10.1. The summed E-state index contributed by atoms with van der Waals surface area (Å²) >= 11 is 0. The largest absolute Gasteiger partial charge is 0.493 e. The summed E-state index contributed by atoms with van der Waals surface area (Å²) < 4.78 is 10.6. The molecular formula is C27H35N3O5. The first-order valence-electron chi connectivity index (χ1n) is 12.0. The predicted octanol–water partition coefficient (Wildman–Crippen LogP) is 3.28. The molecule has 3 amide bonds. The molecular weight excluding hydrogens is 446 g/mol. The molecule has 2 aromatic carbocycles. The average molecular weight is 482 g/mol. The molecule has 0 bridgehead atoms. The fourth-order valence-electron chi connectivity index (χ4n) is 4.33. The number of carbonyl (C=O) groups is 3. The van der Waals surface area contributed by atoms with E-state index in [0.29, 0.717) is 37.6 Å². The van der Waals surface area contributed by atoms with Crippen molar-refractivity contribution in [1.29, 1.82) is 0 Å². The highest BCUT2D eigenvalue weighted by atomic mass is 16.5. The number of hydrogen-bond acceptors (Lipinski definition) is 5. The number of anilines is 1. The standard InChI is InChI=1S/C27H35N3O5/c1-5-13-30(18-25(31)28-22-9-7-6-8-19(22)2)27(33)21-16-26(32)29(17-21)14-12-20-10-11-23(34-3)24(15-20)35-4/h6-11,15,21H,5,12-14,16-18H2,1-4H3,(H,28,31). The molecule has 35 heavy (non-hydrogen) atoms. The van der Waals surface area contributed by atoms with Gasteiger partial charge in [-0.1, -0.05) is 31.2 Å². The third kappa shape index (κ3) is 6.74. The Morgan fingerprint density at radius 1 is 1.11 bits per heavy atom. The van der Waals surface area contributed by atoms with Gasteiger partial charge in [0.15, 0.2) is 11.5 Å². The van der Waals surface area contributed by atoms with Crippen molar-refractivity contribution in [2.24, 2.45) is 5.92 Å². The first-order valence-corrected chi connectivity index (χ1v) is 12.0. The predicted molar refractivity (Wildman–Crippen MR) is 135 cm³/mol. The number of aryl methyl sites for hydroxylation is 1. The molecule has 0 saturated carbocycles. The zero-order valence-electron chi connectivity index (χ0n) is 21.0. The Bertz CT molecular complexity index is 1050. The van der Waals surface area contributed by atoms with E-state index in [1.807, 2.05) is 56.3 Å². The molecule has 1 fully saturated rings. The Hall–Kier alpha value is -3.55. The zero-order valence-corrected chi connectivity index (χ0v) is 21.0. The van der Waals surface area contributed by atoms with Crippen molar-refractivity contribution >= 4 is 23.4 Å². The van der Waals surface area contributed by atoms with Crippen LogP contribution in [-0.2, 0) is 20.8 Å². The lowest BCUT2D eigenvalue weighted by Crippen LogP contribution is -2.42. The second kappa shape index (κ2) is 12.2. The van der Waals surface area contributed by atoms with Crippen molar-refractivity contribution in [3.8, 4) is 11.5 Å². The van der Waals surface area contributed by atoms with Crippen LogP contribution in [0.15, 0.2) is 42.5 Å². The van der Waals surface area contributed by atoms with E-state index in [2.05, 4.69) is 5.32 Å². The summed E-state index contributed by atoms with van der Waals surface area (Å²) in [5.74, 6) is 0.437. The van der Waals surface area contributed by atoms with Crippen LogP contribution in [0.4, 0.5) is 5.69 Å². The van der Waals surface area contributed by atoms with Crippen molar-refractivity contribution in [2.45, 2.75) is 33.1 Å². The Morgan fingerprint density at radius 3 is 2.54 bits per heavy atom. The molecule has 8 nitrogen and oxygen atoms in total. The lowest BCUT2D eigenvalue weighted by molar-refractivity contribution is -0.138. The highest BCUT2D eigenvalue weighted by Crippen LogP contribution is 2.28. The smallest absolute Gasteiger partial charge is 0.244 e. The summed E-state index contributed by atoms with van der Waals surface area (Å²) in [5, 5.41) is 2.89. The molecule has 1 heterocycles. The van der Waals surface area contributed by atoms with E-state index in [1.54, 1.807) is 24.0 Å². The molecule has 2 aromatic rings. The van der Waals surface area contributed by atoms with Crippen LogP contribution in [0.25, 0.3) is 0 Å². The van der Waals surface area contributed by atoms with Crippen molar-refractivity contribution in [3.63, 3.8) is 0 Å². The Labute approximate surface area is 207 Å². The van der Waals surface area contributed by atoms with E-state index >= 15 is 0 Å². The van der Waals surface area contributed by atoms with E-state index in [4.69, 9.17) is 9.47 Å². The van der Waals surface area contributed by atoms with E-state index in [1.165, 1.54) is 0 Å². The van der Waals surface area contributed by atoms with Crippen LogP contribution in [0.1, 0.15) is 30.9 Å². The first kappa shape index (κ1) is 26.1. The Balaban J connectivity index is 1.58. The minimum absolute atomic E-state index is 0.0304. The number of ether oxygens (including phenoxy) is 2. The number of nitrogens with one attached hydrogen (secondary N) is 1. The number of benzene rings is 2. The molecule has 1 atom stereocenters. The van der Waals surface area contributed by atoms with Gasteiger partial charge in [-0.25, -0.2) is 0 Å². The molecule has 188 valence electrons. The van der Waals surface area contributed by atoms with E-state index < -0.39 is 5.92 Å². The maximum absolute atomic E-state index is 13.2. The van der Waals surface area contributed by atoms with Crippen LogP contribution in [0, 0.1) is 12.8 Å². The van der Waals surface area contributed by atoms with Gasteiger partial charge in [0, 0.05) is 31.7 Å². The molecule has 0 aliphatic carbocycles. The number of likely N-dealkylation sites (tertiary alicyclic amines) is 1. The van der Waals surface area contributed by atoms with Crippen molar-refractivity contribution in [1.82, 2.24) is 9.80 Å². The van der Waals surface area contributed by atoms with Crippen LogP contribution in [-0.4, -0.2) is 67.9 Å². The lowest BCUT2D eigenvalue weighted by Gasteiger charge is -2.25. The van der Waals surface area contributed by atoms with Gasteiger partial charge < -0.3 is 24.6 Å². The summed E-state index contributed by atoms with van der Waals surface area (Å²) in [6.45, 7) is 5.21. The first-order chi connectivity index (χ1) is 16.9. The number of para-hydroxylation sites is 1. The molecule has 1 aliphatic heterocycles. The Kier molecular flexibility index (Phi) is 9.11. The van der Waals surface area contributed by atoms with E-state index in [9.17, 15) is 14.4 Å². The van der Waals surface area contributed by atoms with Crippen LogP contribution in [0.3, 0.4) is 0 Å². The molecule has 3 rings (SSSR count). The summed E-state index contributed by atoms with van der Waals surface area (Å²) in [6, 6.07) is 13.2. The zero-order chi connectivity index (χ0) is 25.4. The molecule has 1 aliphatic rings. The molecule has 0 aromatic heterocycles. The monoisotopic (exact) mass is 481 g/mol. The third-order valence-corrected chi connectivity index (χ3v) is 6.24. The molecule has 0 radical (unpaired) electrons. The molecule has 1 unspecified atom stereocenters. The van der Waals surface area contributed by atoms with Crippen molar-refractivity contribution in [2.75, 3.05) is 45.7 Å². The van der Waals surface area contributed by atoms with Gasteiger partial charge >= 0.3 is 0 Å². The van der Waals surface area contributed by atoms with Gasteiger partial charge in [0.05, 0.1) is 26.7 Å². The number of rotatable bonds is 11. The van der Waals surface area contributed by atoms with Gasteiger partial charge in [0.1, 0.15) is 0 Å². The maximum atomic E-state index is 13.2. The average Bonchev–Trinajstić information content (AvgIpc) is 3.23. The number of hydrogen-bond donors (Lipinski definition) is 1. The van der Waals surface area contributed by atoms with Gasteiger partial charge in [-0.15, -0.1) is 0 Å². The fraction of sp³-hybridized carbons (Fsp3) is 0.444. The number of nitrogens with zero attached hydrogens (tertiary/aromatic N) is 2. The fourth-order valence-corrected chi connectivity index (χ4v) is 4.33. The van der Waals surface area contributed by atoms with Gasteiger partial charge in [-0.05, 0) is 49.1 Å². The number of amides is 3. The molecule has 1 N–H and O–H groups in total. The highest BCUT2D eigenvalue weighted by molar-refractivity contribution is 5.96. The summed E-state index contributed by atoms with van der Waals surface area (Å²) in [6.07, 6.45) is 1.54. The topological polar surface area (TPSA) is 88.2 Å². The maximum Gasteiger partial charge on any atom is 0.244 e. The quantitative estimate of drug-likeness (QED) is 0.532. The number of carbonyl (C=O) groups excluding carboxylic acids is 3. The Morgan fingerprint density at radius 2 is 1.86 bits per heavy atom. The van der Waals surface area contributed by atoms with Crippen molar-refractivity contribution < 1.29 is 23.9 Å². The molecule has 0 spiro atoms. The second-order valence-electron chi connectivity index (χ2n) is 8.80. The van der Waals surface area contributed by atoms with Crippen molar-refractivity contribution in [3.05, 3.63) is 53.6 Å². The summed E-state index contributed by atoms with van der Waals surface area (Å²) in [7, 11) is 3.18. The van der Waals surface area contributed by atoms with Crippen LogP contribution >= 0.6 is 0 Å². The van der Waals surface area contributed by atoms with Gasteiger partial charge in [0.25, 0.3) is 0 Å². The van der Waals surface area contributed by atoms with Crippen LogP contribution in [0.5, 0.6) is 11.5 Å². The minimum atomic E-state index is -0.439. The van der Waals surface area contributed by atoms with Crippen LogP contribution < -0.4 is 14.8 Å². The van der Waals surface area contributed by atoms with Gasteiger partial charge in [-0.3, -0.25) is 14.4 Å². The molecule has 1 saturated heterocycles. The molecule has 8 heteroatoms. The normalized spacial score (nSPS) is 15.1.